The monoisotopic (exact) mass is 284 g/mol. The van der Waals surface area contributed by atoms with Gasteiger partial charge in [0.1, 0.15) is 0 Å². The SMILES string of the molecule is O=C(O)CN(Cc1cccc2cccnc12)C1CCCC1. The molecule has 0 amide bonds. The van der Waals surface area contributed by atoms with E-state index in [0.717, 1.165) is 29.3 Å². The normalized spacial score (nSPS) is 15.9. The number of aliphatic carboxylic acids is 1. The molecule has 1 aliphatic carbocycles. The second-order valence-electron chi connectivity index (χ2n) is 5.73. The maximum atomic E-state index is 11.2. The lowest BCUT2D eigenvalue weighted by molar-refractivity contribution is -0.139. The molecule has 1 fully saturated rings. The van der Waals surface area contributed by atoms with Gasteiger partial charge in [0.15, 0.2) is 0 Å². The van der Waals surface area contributed by atoms with Crippen molar-refractivity contribution in [1.82, 2.24) is 9.88 Å². The Kier molecular flexibility index (Phi) is 4.15. The van der Waals surface area contributed by atoms with Crippen LogP contribution in [0.15, 0.2) is 36.5 Å². The summed E-state index contributed by atoms with van der Waals surface area (Å²) in [6.45, 7) is 0.763. The number of aromatic nitrogens is 1. The van der Waals surface area contributed by atoms with Crippen molar-refractivity contribution in [3.63, 3.8) is 0 Å². The Labute approximate surface area is 124 Å². The molecule has 1 heterocycles. The molecule has 1 aromatic carbocycles. The van der Waals surface area contributed by atoms with Crippen LogP contribution in [0, 0.1) is 0 Å². The van der Waals surface area contributed by atoms with Crippen molar-refractivity contribution in [3.8, 4) is 0 Å². The van der Waals surface area contributed by atoms with Crippen LogP contribution in [0.4, 0.5) is 0 Å². The lowest BCUT2D eigenvalue weighted by atomic mass is 10.1. The molecule has 0 aliphatic heterocycles. The number of carboxylic acids is 1. The highest BCUT2D eigenvalue weighted by molar-refractivity contribution is 5.81. The van der Waals surface area contributed by atoms with Gasteiger partial charge in [-0.1, -0.05) is 37.1 Å². The van der Waals surface area contributed by atoms with E-state index in [4.69, 9.17) is 0 Å². The summed E-state index contributed by atoms with van der Waals surface area (Å²) in [4.78, 5) is 17.7. The minimum absolute atomic E-state index is 0.105. The van der Waals surface area contributed by atoms with Crippen molar-refractivity contribution >= 4 is 16.9 Å². The summed E-state index contributed by atoms with van der Waals surface area (Å²) < 4.78 is 0. The maximum Gasteiger partial charge on any atom is 0.317 e. The lowest BCUT2D eigenvalue weighted by Crippen LogP contribution is -2.37. The topological polar surface area (TPSA) is 53.4 Å². The number of carbonyl (C=O) groups is 1. The van der Waals surface area contributed by atoms with Gasteiger partial charge in [-0.2, -0.15) is 0 Å². The van der Waals surface area contributed by atoms with Crippen LogP contribution in [-0.4, -0.2) is 33.5 Å². The van der Waals surface area contributed by atoms with Crippen molar-refractivity contribution in [1.29, 1.82) is 0 Å². The van der Waals surface area contributed by atoms with Crippen LogP contribution in [0.25, 0.3) is 10.9 Å². The molecule has 1 aromatic heterocycles. The predicted octanol–water partition coefficient (Wildman–Crippen LogP) is 3.06. The average Bonchev–Trinajstić information content (AvgIpc) is 3.01. The molecule has 110 valence electrons. The Morgan fingerprint density at radius 3 is 2.76 bits per heavy atom. The molecule has 4 nitrogen and oxygen atoms in total. The minimum Gasteiger partial charge on any atom is -0.480 e. The molecule has 0 unspecified atom stereocenters. The maximum absolute atomic E-state index is 11.2. The molecule has 1 aliphatic rings. The third kappa shape index (κ3) is 3.22. The third-order valence-electron chi connectivity index (χ3n) is 4.27. The number of para-hydroxylation sites is 1. The molecule has 0 radical (unpaired) electrons. The first-order valence-corrected chi connectivity index (χ1v) is 7.52. The number of pyridine rings is 1. The molecular formula is C17H20N2O2. The molecule has 21 heavy (non-hydrogen) atoms. The zero-order valence-electron chi connectivity index (χ0n) is 12.0. The first-order valence-electron chi connectivity index (χ1n) is 7.52. The second-order valence-corrected chi connectivity index (χ2v) is 5.73. The second kappa shape index (κ2) is 6.22. The lowest BCUT2D eigenvalue weighted by Gasteiger charge is -2.27. The van der Waals surface area contributed by atoms with Crippen LogP contribution in [-0.2, 0) is 11.3 Å². The summed E-state index contributed by atoms with van der Waals surface area (Å²) >= 11 is 0. The fraction of sp³-hybridized carbons (Fsp3) is 0.412. The van der Waals surface area contributed by atoms with Crippen LogP contribution in [0.5, 0.6) is 0 Å². The molecule has 4 heteroatoms. The van der Waals surface area contributed by atoms with E-state index in [1.807, 2.05) is 24.3 Å². The van der Waals surface area contributed by atoms with Crippen LogP contribution >= 0.6 is 0 Å². The van der Waals surface area contributed by atoms with Crippen LogP contribution < -0.4 is 0 Å². The standard InChI is InChI=1S/C17H20N2O2/c20-16(21)12-19(15-8-1-2-9-15)11-14-6-3-5-13-7-4-10-18-17(13)14/h3-7,10,15H,1-2,8-9,11-12H2,(H,20,21). The number of benzene rings is 1. The van der Waals surface area contributed by atoms with Gasteiger partial charge in [-0.25, -0.2) is 0 Å². The van der Waals surface area contributed by atoms with Gasteiger partial charge in [0, 0.05) is 24.2 Å². The number of nitrogens with zero attached hydrogens (tertiary/aromatic N) is 2. The number of carboxylic acid groups (broad SMARTS) is 1. The molecule has 2 aromatic rings. The summed E-state index contributed by atoms with van der Waals surface area (Å²) in [6, 6.07) is 10.5. The quantitative estimate of drug-likeness (QED) is 0.916. The molecule has 0 spiro atoms. The zero-order valence-corrected chi connectivity index (χ0v) is 12.0. The molecule has 0 atom stereocenters. The van der Waals surface area contributed by atoms with Gasteiger partial charge in [-0.3, -0.25) is 14.7 Å². The van der Waals surface area contributed by atoms with Gasteiger partial charge >= 0.3 is 5.97 Å². The Balaban J connectivity index is 1.88. The average molecular weight is 284 g/mol. The van der Waals surface area contributed by atoms with Crippen molar-refractivity contribution in [2.24, 2.45) is 0 Å². The predicted molar refractivity (Wildman–Crippen MR) is 82.0 cm³/mol. The molecule has 0 bridgehead atoms. The molecule has 0 saturated heterocycles. The number of hydrogen-bond donors (Lipinski definition) is 1. The smallest absolute Gasteiger partial charge is 0.317 e. The first kappa shape index (κ1) is 14.0. The fourth-order valence-electron chi connectivity index (χ4n) is 3.27. The van der Waals surface area contributed by atoms with Crippen LogP contribution in [0.3, 0.4) is 0 Å². The van der Waals surface area contributed by atoms with E-state index in [1.54, 1.807) is 6.20 Å². The van der Waals surface area contributed by atoms with E-state index >= 15 is 0 Å². The van der Waals surface area contributed by atoms with Crippen molar-refractivity contribution < 1.29 is 9.90 Å². The van der Waals surface area contributed by atoms with Crippen LogP contribution in [0.1, 0.15) is 31.2 Å². The van der Waals surface area contributed by atoms with Gasteiger partial charge in [0.25, 0.3) is 0 Å². The van der Waals surface area contributed by atoms with Crippen molar-refractivity contribution in [3.05, 3.63) is 42.1 Å². The highest BCUT2D eigenvalue weighted by Crippen LogP contribution is 2.26. The van der Waals surface area contributed by atoms with E-state index in [2.05, 4.69) is 16.0 Å². The summed E-state index contributed by atoms with van der Waals surface area (Å²) in [5.41, 5.74) is 2.09. The molecular weight excluding hydrogens is 264 g/mol. The van der Waals surface area contributed by atoms with Gasteiger partial charge < -0.3 is 5.11 Å². The zero-order chi connectivity index (χ0) is 14.7. The summed E-state index contributed by atoms with van der Waals surface area (Å²) in [5.74, 6) is -0.755. The van der Waals surface area contributed by atoms with Crippen molar-refractivity contribution in [2.45, 2.75) is 38.3 Å². The van der Waals surface area contributed by atoms with Gasteiger partial charge in [0.2, 0.25) is 0 Å². The number of fused-ring (bicyclic) bond motifs is 1. The summed E-state index contributed by atoms with van der Waals surface area (Å²) in [6.07, 6.45) is 6.41. The number of rotatable bonds is 5. The highest BCUT2D eigenvalue weighted by atomic mass is 16.4. The van der Waals surface area contributed by atoms with E-state index in [0.29, 0.717) is 12.6 Å². The van der Waals surface area contributed by atoms with E-state index in [-0.39, 0.29) is 6.54 Å². The minimum atomic E-state index is -0.755. The Bertz CT molecular complexity index is 630. The van der Waals surface area contributed by atoms with Crippen LogP contribution in [0.2, 0.25) is 0 Å². The van der Waals surface area contributed by atoms with Gasteiger partial charge in [0.05, 0.1) is 12.1 Å². The van der Waals surface area contributed by atoms with Crippen molar-refractivity contribution in [2.75, 3.05) is 6.54 Å². The third-order valence-corrected chi connectivity index (χ3v) is 4.27. The summed E-state index contributed by atoms with van der Waals surface area (Å²) in [5, 5.41) is 10.3. The fourth-order valence-corrected chi connectivity index (χ4v) is 3.27. The molecule has 3 rings (SSSR count). The number of hydrogen-bond acceptors (Lipinski definition) is 3. The first-order chi connectivity index (χ1) is 10.2. The van der Waals surface area contributed by atoms with E-state index < -0.39 is 5.97 Å². The largest absolute Gasteiger partial charge is 0.480 e. The summed E-state index contributed by atoms with van der Waals surface area (Å²) in [7, 11) is 0. The van der Waals surface area contributed by atoms with Gasteiger partial charge in [-0.05, 0) is 24.5 Å². The molecule has 1 saturated carbocycles. The Morgan fingerprint density at radius 2 is 2.00 bits per heavy atom. The Hall–Kier alpha value is -1.94. The van der Waals surface area contributed by atoms with E-state index in [9.17, 15) is 9.90 Å². The highest BCUT2D eigenvalue weighted by Gasteiger charge is 2.24. The Morgan fingerprint density at radius 1 is 1.24 bits per heavy atom. The molecule has 1 N–H and O–H groups in total. The van der Waals surface area contributed by atoms with Gasteiger partial charge in [-0.15, -0.1) is 0 Å². The van der Waals surface area contributed by atoms with E-state index in [1.165, 1.54) is 12.8 Å².